The summed E-state index contributed by atoms with van der Waals surface area (Å²) >= 11 is 0. The summed E-state index contributed by atoms with van der Waals surface area (Å²) in [7, 11) is 0. The van der Waals surface area contributed by atoms with Gasteiger partial charge in [-0.15, -0.1) is 0 Å². The molecule has 0 saturated heterocycles. The van der Waals surface area contributed by atoms with Gasteiger partial charge in [-0.25, -0.2) is 0 Å². The van der Waals surface area contributed by atoms with Crippen molar-refractivity contribution >= 4 is 0 Å². The minimum atomic E-state index is -0.458. The molecule has 0 bridgehead atoms. The Morgan fingerprint density at radius 1 is 1.43 bits per heavy atom. The van der Waals surface area contributed by atoms with E-state index < -0.39 is 5.60 Å². The molecule has 0 aliphatic rings. The summed E-state index contributed by atoms with van der Waals surface area (Å²) in [5.41, 5.74) is -0.458. The monoisotopic (exact) mass is 151 g/mol. The topological polar surface area (TPSA) is 20.2 Å². The molecule has 7 heavy (non-hydrogen) atoms. The summed E-state index contributed by atoms with van der Waals surface area (Å²) in [6, 6.07) is 0. The molecule has 0 unspecified atom stereocenters. The maximum absolute atomic E-state index is 8.83. The van der Waals surface area contributed by atoms with Gasteiger partial charge < -0.3 is 5.11 Å². The number of rotatable bonds is 1. The van der Waals surface area contributed by atoms with Crippen molar-refractivity contribution < 1.29 is 22.2 Å². The summed E-state index contributed by atoms with van der Waals surface area (Å²) in [5, 5.41) is 8.83. The van der Waals surface area contributed by atoms with Gasteiger partial charge in [0.05, 0.1) is 5.60 Å². The van der Waals surface area contributed by atoms with E-state index in [9.17, 15) is 0 Å². The van der Waals surface area contributed by atoms with Gasteiger partial charge in [0.15, 0.2) is 0 Å². The fourth-order valence-electron chi connectivity index (χ4n) is 0. The molecule has 0 aromatic heterocycles. The first-order valence-electron chi connectivity index (χ1n) is 2.28. The summed E-state index contributed by atoms with van der Waals surface area (Å²) in [6.45, 7) is 5.56. The Kier molecular flexibility index (Phi) is 5.20. The van der Waals surface area contributed by atoms with Crippen LogP contribution in [-0.2, 0) is 17.1 Å². The minimum absolute atomic E-state index is 0. The first-order valence-corrected chi connectivity index (χ1v) is 2.28. The molecule has 0 atom stereocenters. The molecule has 1 radical (unpaired) electrons. The van der Waals surface area contributed by atoms with Crippen LogP contribution >= 0.6 is 0 Å². The van der Waals surface area contributed by atoms with Gasteiger partial charge in [-0.3, -0.25) is 0 Å². The van der Waals surface area contributed by atoms with E-state index in [4.69, 9.17) is 5.11 Å². The van der Waals surface area contributed by atoms with Crippen molar-refractivity contribution in [1.82, 2.24) is 0 Å². The quantitative estimate of drug-likeness (QED) is 0.558. The van der Waals surface area contributed by atoms with Gasteiger partial charge in [-0.1, -0.05) is 6.92 Å². The molecule has 1 N–H and O–H groups in total. The van der Waals surface area contributed by atoms with E-state index >= 15 is 0 Å². The molecule has 0 aliphatic heterocycles. The normalized spacial score (nSPS) is 10.3. The van der Waals surface area contributed by atoms with Crippen LogP contribution in [0.5, 0.6) is 0 Å². The predicted molar refractivity (Wildman–Crippen MR) is 26.6 cm³/mol. The second kappa shape index (κ2) is 3.48. The molecular weight excluding hydrogens is 140 g/mol. The maximum atomic E-state index is 8.83. The third-order valence-corrected chi connectivity index (χ3v) is 0.865. The van der Waals surface area contributed by atoms with Crippen molar-refractivity contribution in [3.8, 4) is 0 Å². The summed E-state index contributed by atoms with van der Waals surface area (Å²) < 4.78 is 0. The van der Waals surface area contributed by atoms with E-state index in [1.54, 1.807) is 13.8 Å². The van der Waals surface area contributed by atoms with Gasteiger partial charge in [0.1, 0.15) is 0 Å². The molecular formula is C5H12CuO. The van der Waals surface area contributed by atoms with Gasteiger partial charge in [-0.2, -0.15) is 0 Å². The molecule has 49 valence electrons. The van der Waals surface area contributed by atoms with Crippen molar-refractivity contribution in [3.05, 3.63) is 0 Å². The average molecular weight is 152 g/mol. The molecule has 0 aromatic rings. The van der Waals surface area contributed by atoms with E-state index in [2.05, 4.69) is 0 Å². The van der Waals surface area contributed by atoms with Crippen LogP contribution in [0.25, 0.3) is 0 Å². The van der Waals surface area contributed by atoms with Gasteiger partial charge in [0, 0.05) is 17.1 Å². The van der Waals surface area contributed by atoms with E-state index in [0.717, 1.165) is 6.42 Å². The van der Waals surface area contributed by atoms with Crippen LogP contribution in [0.3, 0.4) is 0 Å². The van der Waals surface area contributed by atoms with E-state index in [1.165, 1.54) is 0 Å². The van der Waals surface area contributed by atoms with Crippen LogP contribution in [-0.4, -0.2) is 10.7 Å². The van der Waals surface area contributed by atoms with Crippen LogP contribution in [0.4, 0.5) is 0 Å². The van der Waals surface area contributed by atoms with E-state index in [0.29, 0.717) is 0 Å². The SMILES string of the molecule is CCC(C)(C)O.[Cu]. The van der Waals surface area contributed by atoms with Crippen molar-refractivity contribution in [1.29, 1.82) is 0 Å². The standard InChI is InChI=1S/C5H12O.Cu/c1-4-5(2,3)6;/h6H,4H2,1-3H3;. The van der Waals surface area contributed by atoms with E-state index in [-0.39, 0.29) is 17.1 Å². The van der Waals surface area contributed by atoms with Crippen molar-refractivity contribution in [3.63, 3.8) is 0 Å². The zero-order valence-corrected chi connectivity index (χ0v) is 5.90. The van der Waals surface area contributed by atoms with Gasteiger partial charge in [0.2, 0.25) is 0 Å². The molecule has 0 fully saturated rings. The van der Waals surface area contributed by atoms with Gasteiger partial charge in [0.25, 0.3) is 0 Å². The van der Waals surface area contributed by atoms with Gasteiger partial charge in [-0.05, 0) is 20.3 Å². The molecule has 0 spiro atoms. The zero-order chi connectivity index (χ0) is 5.21. The fourth-order valence-corrected chi connectivity index (χ4v) is 0. The Hall–Kier alpha value is 0.479. The molecule has 0 saturated carbocycles. The average Bonchev–Trinajstić information content (AvgIpc) is 1.35. The zero-order valence-electron chi connectivity index (χ0n) is 4.96. The Morgan fingerprint density at radius 2 is 1.57 bits per heavy atom. The van der Waals surface area contributed by atoms with Crippen LogP contribution < -0.4 is 0 Å². The van der Waals surface area contributed by atoms with Gasteiger partial charge >= 0.3 is 0 Å². The molecule has 0 amide bonds. The molecule has 0 rings (SSSR count). The second-order valence-electron chi connectivity index (χ2n) is 2.17. The Labute approximate surface area is 55.6 Å². The molecule has 0 aliphatic carbocycles. The van der Waals surface area contributed by atoms with Crippen LogP contribution in [0.15, 0.2) is 0 Å². The molecule has 0 heterocycles. The minimum Gasteiger partial charge on any atom is -0.390 e. The van der Waals surface area contributed by atoms with Crippen LogP contribution in [0, 0.1) is 0 Å². The van der Waals surface area contributed by atoms with Crippen LogP contribution in [0.1, 0.15) is 27.2 Å². The molecule has 0 aromatic carbocycles. The Bertz CT molecular complexity index is 37.8. The molecule has 2 heteroatoms. The second-order valence-corrected chi connectivity index (χ2v) is 2.17. The van der Waals surface area contributed by atoms with Crippen molar-refractivity contribution in [2.24, 2.45) is 0 Å². The Morgan fingerprint density at radius 3 is 1.57 bits per heavy atom. The smallest absolute Gasteiger partial charge is 0.0589 e. The Balaban J connectivity index is 0. The third kappa shape index (κ3) is 10.7. The number of aliphatic hydroxyl groups is 1. The summed E-state index contributed by atoms with van der Waals surface area (Å²) in [6.07, 6.45) is 0.826. The predicted octanol–water partition coefficient (Wildman–Crippen LogP) is 1.16. The molecule has 1 nitrogen and oxygen atoms in total. The first kappa shape index (κ1) is 10.5. The number of hydrogen-bond acceptors (Lipinski definition) is 1. The van der Waals surface area contributed by atoms with Crippen molar-refractivity contribution in [2.45, 2.75) is 32.8 Å². The summed E-state index contributed by atoms with van der Waals surface area (Å²) in [5.74, 6) is 0. The number of hydrogen-bond donors (Lipinski definition) is 1. The summed E-state index contributed by atoms with van der Waals surface area (Å²) in [4.78, 5) is 0. The first-order chi connectivity index (χ1) is 2.56. The largest absolute Gasteiger partial charge is 0.390 e. The fraction of sp³-hybridized carbons (Fsp3) is 1.00. The van der Waals surface area contributed by atoms with Crippen molar-refractivity contribution in [2.75, 3.05) is 0 Å². The maximum Gasteiger partial charge on any atom is 0.0589 e. The van der Waals surface area contributed by atoms with E-state index in [1.807, 2.05) is 6.92 Å². The third-order valence-electron chi connectivity index (χ3n) is 0.865. The van der Waals surface area contributed by atoms with Crippen LogP contribution in [0.2, 0.25) is 0 Å².